The van der Waals surface area contributed by atoms with E-state index in [0.29, 0.717) is 17.8 Å². The summed E-state index contributed by atoms with van der Waals surface area (Å²) in [6.07, 6.45) is 1.65. The second kappa shape index (κ2) is 10.4. The molecule has 0 unspecified atom stereocenters. The zero-order chi connectivity index (χ0) is 21.3. The molecule has 0 aliphatic rings. The van der Waals surface area contributed by atoms with Gasteiger partial charge < -0.3 is 10.6 Å². The van der Waals surface area contributed by atoms with E-state index >= 15 is 0 Å². The molecule has 166 valence electrons. The number of benzene rings is 2. The molecule has 0 aliphatic heterocycles. The van der Waals surface area contributed by atoms with E-state index < -0.39 is 23.4 Å². The average Bonchev–Trinajstić information content (AvgIpc) is 3.19. The number of hydrogen-bond donors (Lipinski definition) is 3. The Morgan fingerprint density at radius 3 is 2.47 bits per heavy atom. The van der Waals surface area contributed by atoms with E-state index in [1.54, 1.807) is 24.4 Å². The molecular weight excluding hydrogens is 487 g/mol. The molecule has 32 heavy (non-hydrogen) atoms. The zero-order valence-corrected chi connectivity index (χ0v) is 18.2. The van der Waals surface area contributed by atoms with E-state index in [4.69, 9.17) is 11.6 Å². The highest BCUT2D eigenvalue weighted by Crippen LogP contribution is 2.23. The first-order chi connectivity index (χ1) is 14.4. The van der Waals surface area contributed by atoms with Gasteiger partial charge in [-0.1, -0.05) is 17.7 Å². The van der Waals surface area contributed by atoms with E-state index in [2.05, 4.69) is 25.8 Å². The van der Waals surface area contributed by atoms with Crippen molar-refractivity contribution in [3.8, 4) is 0 Å². The largest absolute Gasteiger partial charge is 0.320 e. The lowest BCUT2D eigenvalue weighted by Gasteiger charge is -2.07. The number of fused-ring (bicyclic) bond motifs is 1. The summed E-state index contributed by atoms with van der Waals surface area (Å²) in [5.74, 6) is -3.68. The minimum absolute atomic E-state index is 0. The lowest BCUT2D eigenvalue weighted by atomic mass is 10.2. The number of pyridine rings is 1. The van der Waals surface area contributed by atoms with Gasteiger partial charge in [0.25, 0.3) is 11.8 Å². The van der Waals surface area contributed by atoms with Crippen LogP contribution in [0.15, 0.2) is 54.7 Å². The molecule has 0 aliphatic carbocycles. The van der Waals surface area contributed by atoms with Crippen LogP contribution in [0.25, 0.3) is 10.9 Å². The Balaban J connectivity index is 0.00000181. The Labute approximate surface area is 197 Å². The number of H-pyrrole nitrogens is 1. The normalized spacial score (nSPS) is 10.1. The minimum atomic E-state index is -1.21. The number of anilines is 2. The third kappa shape index (κ3) is 5.13. The zero-order valence-electron chi connectivity index (χ0n) is 15.9. The lowest BCUT2D eigenvalue weighted by Crippen LogP contribution is -2.14. The van der Waals surface area contributed by atoms with Gasteiger partial charge in [-0.05, 0) is 36.4 Å². The van der Waals surface area contributed by atoms with Crippen molar-refractivity contribution in [1.29, 1.82) is 0 Å². The molecule has 0 bridgehead atoms. The number of nitrogens with one attached hydrogen (secondary N) is 3. The summed E-state index contributed by atoms with van der Waals surface area (Å²) in [5, 5.41) is 12.0. The van der Waals surface area contributed by atoms with Gasteiger partial charge in [0.1, 0.15) is 5.69 Å². The maximum Gasteiger partial charge on any atom is 0.273 e. The number of carbonyl (C=O) groups excluding carboxylic acids is 2. The van der Waals surface area contributed by atoms with Gasteiger partial charge in [-0.25, -0.2) is 8.78 Å². The number of amides is 2. The molecule has 2 heterocycles. The van der Waals surface area contributed by atoms with Crippen molar-refractivity contribution in [1.82, 2.24) is 15.2 Å². The van der Waals surface area contributed by atoms with Gasteiger partial charge in [-0.3, -0.25) is 19.7 Å². The predicted molar refractivity (Wildman–Crippen MR) is 122 cm³/mol. The van der Waals surface area contributed by atoms with Gasteiger partial charge >= 0.3 is 0 Å². The molecule has 0 radical (unpaired) electrons. The Morgan fingerprint density at radius 2 is 1.69 bits per heavy atom. The minimum Gasteiger partial charge on any atom is -0.320 e. The van der Waals surface area contributed by atoms with E-state index in [0.717, 1.165) is 10.9 Å². The molecule has 2 amide bonds. The predicted octanol–water partition coefficient (Wildman–Crippen LogP) is 5.24. The quantitative estimate of drug-likeness (QED) is 0.334. The summed E-state index contributed by atoms with van der Waals surface area (Å²) in [4.78, 5) is 29.0. The first-order valence-electron chi connectivity index (χ1n) is 8.59. The molecule has 0 spiro atoms. The fraction of sp³-hybridized carbons (Fsp3) is 0. The van der Waals surface area contributed by atoms with Crippen molar-refractivity contribution in [3.63, 3.8) is 0 Å². The van der Waals surface area contributed by atoms with Crippen molar-refractivity contribution in [2.24, 2.45) is 0 Å². The highest BCUT2D eigenvalue weighted by molar-refractivity contribution is 6.34. The topological polar surface area (TPSA) is 99.8 Å². The third-order valence-electron chi connectivity index (χ3n) is 4.21. The molecule has 12 heteroatoms. The van der Waals surface area contributed by atoms with Crippen LogP contribution in [-0.4, -0.2) is 27.0 Å². The molecule has 2 aromatic heterocycles. The Bertz CT molecular complexity index is 1290. The fourth-order valence-electron chi connectivity index (χ4n) is 2.78. The molecule has 0 saturated heterocycles. The standard InChI is InChI=1S/C20H12ClF2N5O2.2ClH/c21-12-8-14(23)13(22)7-11(12)19(29)26-18-9-17(27-28-18)20(30)25-16-5-1-4-15-10(16)3-2-6-24-15;;/h1-9H,(H,25,30)(H2,26,27,28,29);2*1H. The van der Waals surface area contributed by atoms with Crippen LogP contribution in [0.3, 0.4) is 0 Å². The highest BCUT2D eigenvalue weighted by Gasteiger charge is 2.18. The number of halogens is 5. The number of rotatable bonds is 4. The van der Waals surface area contributed by atoms with Gasteiger partial charge in [0.05, 0.1) is 21.8 Å². The monoisotopic (exact) mass is 499 g/mol. The van der Waals surface area contributed by atoms with Crippen LogP contribution >= 0.6 is 36.4 Å². The summed E-state index contributed by atoms with van der Waals surface area (Å²) in [6, 6.07) is 11.6. The summed E-state index contributed by atoms with van der Waals surface area (Å²) >= 11 is 5.79. The molecule has 0 atom stereocenters. The van der Waals surface area contributed by atoms with Gasteiger partial charge in [-0.2, -0.15) is 5.10 Å². The Kier molecular flexibility index (Phi) is 8.09. The van der Waals surface area contributed by atoms with Crippen LogP contribution in [-0.2, 0) is 0 Å². The number of nitrogens with zero attached hydrogens (tertiary/aromatic N) is 2. The van der Waals surface area contributed by atoms with Crippen molar-refractivity contribution in [3.05, 3.63) is 82.6 Å². The maximum atomic E-state index is 13.4. The van der Waals surface area contributed by atoms with Crippen molar-refractivity contribution in [2.45, 2.75) is 0 Å². The third-order valence-corrected chi connectivity index (χ3v) is 4.53. The van der Waals surface area contributed by atoms with Crippen LogP contribution in [0, 0.1) is 11.6 Å². The van der Waals surface area contributed by atoms with E-state index in [9.17, 15) is 18.4 Å². The molecule has 2 aromatic carbocycles. The first-order valence-corrected chi connectivity index (χ1v) is 8.96. The Hall–Kier alpha value is -3.27. The first kappa shape index (κ1) is 25.0. The van der Waals surface area contributed by atoms with Crippen LogP contribution in [0.2, 0.25) is 5.02 Å². The SMILES string of the molecule is Cl.Cl.O=C(Nc1cccc2ncccc12)c1cc(NC(=O)c2cc(F)c(F)cc2Cl)n[nH]1. The number of aromatic nitrogens is 3. The average molecular weight is 501 g/mol. The number of hydrogen-bond acceptors (Lipinski definition) is 4. The molecular formula is C20H14Cl3F2N5O2. The highest BCUT2D eigenvalue weighted by atomic mass is 35.5. The van der Waals surface area contributed by atoms with Crippen LogP contribution < -0.4 is 10.6 Å². The van der Waals surface area contributed by atoms with Crippen LogP contribution in [0.4, 0.5) is 20.3 Å². The molecule has 4 rings (SSSR count). The summed E-state index contributed by atoms with van der Waals surface area (Å²) in [7, 11) is 0. The van der Waals surface area contributed by atoms with Crippen molar-refractivity contribution >= 4 is 70.6 Å². The summed E-state index contributed by atoms with van der Waals surface area (Å²) < 4.78 is 26.6. The number of aromatic amines is 1. The van der Waals surface area contributed by atoms with Crippen molar-refractivity contribution < 1.29 is 18.4 Å². The lowest BCUT2D eigenvalue weighted by molar-refractivity contribution is 0.101. The molecule has 0 fully saturated rings. The maximum absolute atomic E-state index is 13.4. The van der Waals surface area contributed by atoms with E-state index in [-0.39, 0.29) is 46.9 Å². The second-order valence-corrected chi connectivity index (χ2v) is 6.60. The summed E-state index contributed by atoms with van der Waals surface area (Å²) in [5.41, 5.74) is 1.08. The molecule has 0 saturated carbocycles. The molecule has 3 N–H and O–H groups in total. The Morgan fingerprint density at radius 1 is 0.938 bits per heavy atom. The fourth-order valence-corrected chi connectivity index (χ4v) is 3.02. The number of carbonyl (C=O) groups is 2. The van der Waals surface area contributed by atoms with Gasteiger partial charge in [0.15, 0.2) is 17.5 Å². The van der Waals surface area contributed by atoms with Crippen LogP contribution in [0.5, 0.6) is 0 Å². The van der Waals surface area contributed by atoms with Crippen molar-refractivity contribution in [2.75, 3.05) is 10.6 Å². The van der Waals surface area contributed by atoms with E-state index in [1.165, 1.54) is 6.07 Å². The van der Waals surface area contributed by atoms with Gasteiger partial charge in [0.2, 0.25) is 0 Å². The summed E-state index contributed by atoms with van der Waals surface area (Å²) in [6.45, 7) is 0. The van der Waals surface area contributed by atoms with E-state index in [1.807, 2.05) is 12.1 Å². The molecule has 7 nitrogen and oxygen atoms in total. The van der Waals surface area contributed by atoms with Gasteiger partial charge in [0, 0.05) is 17.6 Å². The smallest absolute Gasteiger partial charge is 0.273 e. The second-order valence-electron chi connectivity index (χ2n) is 6.20. The van der Waals surface area contributed by atoms with Crippen LogP contribution in [0.1, 0.15) is 20.8 Å². The van der Waals surface area contributed by atoms with Gasteiger partial charge in [-0.15, -0.1) is 24.8 Å². The molecule has 4 aromatic rings.